The number of amides is 1. The molecule has 1 atom stereocenters. The lowest BCUT2D eigenvalue weighted by Gasteiger charge is -2.29. The van der Waals surface area contributed by atoms with Gasteiger partial charge in [-0.25, -0.2) is 0 Å². The highest BCUT2D eigenvalue weighted by Gasteiger charge is 2.26. The Morgan fingerprint density at radius 3 is 2.40 bits per heavy atom. The molecular formula is C17H19NO2. The van der Waals surface area contributed by atoms with Crippen LogP contribution in [0.1, 0.15) is 31.9 Å². The van der Waals surface area contributed by atoms with Crippen LogP contribution in [0.25, 0.3) is 0 Å². The summed E-state index contributed by atoms with van der Waals surface area (Å²) in [5.41, 5.74) is 2.10. The minimum Gasteiger partial charge on any atom is -0.448 e. The number of carbonyl (C=O) groups excluding carboxylic acids is 1. The molecule has 0 fully saturated rings. The third kappa shape index (κ3) is 3.18. The Bertz CT molecular complexity index is 572. The quantitative estimate of drug-likeness (QED) is 0.756. The van der Waals surface area contributed by atoms with Crippen LogP contribution in [-0.2, 0) is 4.79 Å². The summed E-state index contributed by atoms with van der Waals surface area (Å²) in [5.74, 6) is 0.516. The van der Waals surface area contributed by atoms with Gasteiger partial charge in [-0.3, -0.25) is 9.69 Å². The highest BCUT2D eigenvalue weighted by Crippen LogP contribution is 2.32. The molecule has 0 saturated carbocycles. The van der Waals surface area contributed by atoms with E-state index in [1.807, 2.05) is 37.3 Å². The van der Waals surface area contributed by atoms with E-state index in [0.717, 1.165) is 11.1 Å². The number of benzene rings is 1. The van der Waals surface area contributed by atoms with Crippen LogP contribution in [0.4, 0.5) is 5.88 Å². The lowest BCUT2D eigenvalue weighted by Crippen LogP contribution is -2.33. The van der Waals surface area contributed by atoms with Crippen LogP contribution in [0, 0.1) is 0 Å². The Kier molecular flexibility index (Phi) is 4.41. The van der Waals surface area contributed by atoms with Crippen LogP contribution in [0.15, 0.2) is 65.3 Å². The van der Waals surface area contributed by atoms with E-state index in [4.69, 9.17) is 4.42 Å². The standard InChI is InChI=1S/C17H19NO2/c1-13(2)12-16(15-8-5-4-6-9-15)18(14(3)19)17-10-7-11-20-17/h4-11,16H,1,12H2,2-3H3/t16-/m1/s1. The number of carbonyl (C=O) groups is 1. The first-order valence-electron chi connectivity index (χ1n) is 6.62. The van der Waals surface area contributed by atoms with Crippen LogP contribution in [0.5, 0.6) is 0 Å². The van der Waals surface area contributed by atoms with Crippen LogP contribution in [-0.4, -0.2) is 5.91 Å². The second-order valence-electron chi connectivity index (χ2n) is 4.93. The van der Waals surface area contributed by atoms with Crippen molar-refractivity contribution in [3.63, 3.8) is 0 Å². The van der Waals surface area contributed by atoms with Gasteiger partial charge in [0.25, 0.3) is 0 Å². The van der Waals surface area contributed by atoms with Gasteiger partial charge < -0.3 is 4.42 Å². The zero-order chi connectivity index (χ0) is 14.5. The molecule has 0 N–H and O–H groups in total. The molecule has 1 aromatic carbocycles. The smallest absolute Gasteiger partial charge is 0.226 e. The van der Waals surface area contributed by atoms with Crippen molar-refractivity contribution < 1.29 is 9.21 Å². The lowest BCUT2D eigenvalue weighted by molar-refractivity contribution is -0.117. The zero-order valence-electron chi connectivity index (χ0n) is 11.9. The largest absolute Gasteiger partial charge is 0.448 e. The van der Waals surface area contributed by atoms with Crippen molar-refractivity contribution in [3.05, 3.63) is 66.4 Å². The van der Waals surface area contributed by atoms with Crippen molar-refractivity contribution in [2.24, 2.45) is 0 Å². The van der Waals surface area contributed by atoms with E-state index in [2.05, 4.69) is 6.58 Å². The van der Waals surface area contributed by atoms with Crippen molar-refractivity contribution in [2.75, 3.05) is 4.90 Å². The summed E-state index contributed by atoms with van der Waals surface area (Å²) in [6, 6.07) is 13.4. The molecule has 0 aliphatic rings. The molecule has 20 heavy (non-hydrogen) atoms. The van der Waals surface area contributed by atoms with E-state index in [9.17, 15) is 4.79 Å². The summed E-state index contributed by atoms with van der Waals surface area (Å²) < 4.78 is 5.42. The van der Waals surface area contributed by atoms with Gasteiger partial charge in [-0.2, -0.15) is 0 Å². The van der Waals surface area contributed by atoms with Gasteiger partial charge in [0, 0.05) is 13.0 Å². The second-order valence-corrected chi connectivity index (χ2v) is 4.93. The maximum Gasteiger partial charge on any atom is 0.226 e. The predicted octanol–water partition coefficient (Wildman–Crippen LogP) is 4.34. The minimum absolute atomic E-state index is 0.0462. The van der Waals surface area contributed by atoms with Gasteiger partial charge in [0.15, 0.2) is 0 Å². The van der Waals surface area contributed by atoms with E-state index in [1.54, 1.807) is 30.2 Å². The van der Waals surface area contributed by atoms with Gasteiger partial charge in [0.05, 0.1) is 12.3 Å². The Morgan fingerprint density at radius 1 is 1.20 bits per heavy atom. The lowest BCUT2D eigenvalue weighted by atomic mass is 9.98. The third-order valence-electron chi connectivity index (χ3n) is 3.12. The number of furan rings is 1. The second kappa shape index (κ2) is 6.24. The minimum atomic E-state index is -0.0997. The molecule has 1 amide bonds. The fourth-order valence-corrected chi connectivity index (χ4v) is 2.30. The topological polar surface area (TPSA) is 33.5 Å². The Hall–Kier alpha value is -2.29. The van der Waals surface area contributed by atoms with E-state index >= 15 is 0 Å². The van der Waals surface area contributed by atoms with Crippen LogP contribution < -0.4 is 4.90 Å². The maximum atomic E-state index is 12.1. The molecule has 0 aliphatic carbocycles. The highest BCUT2D eigenvalue weighted by atomic mass is 16.3. The molecule has 0 bridgehead atoms. The third-order valence-corrected chi connectivity index (χ3v) is 3.12. The fourth-order valence-electron chi connectivity index (χ4n) is 2.30. The number of hydrogen-bond acceptors (Lipinski definition) is 2. The number of rotatable bonds is 5. The van der Waals surface area contributed by atoms with Gasteiger partial charge in [0.2, 0.25) is 11.8 Å². The Labute approximate surface area is 119 Å². The van der Waals surface area contributed by atoms with Crippen molar-refractivity contribution in [1.29, 1.82) is 0 Å². The summed E-state index contributed by atoms with van der Waals surface area (Å²) in [6.45, 7) is 7.50. The molecule has 0 saturated heterocycles. The molecule has 104 valence electrons. The van der Waals surface area contributed by atoms with Crippen molar-refractivity contribution in [3.8, 4) is 0 Å². The highest BCUT2D eigenvalue weighted by molar-refractivity contribution is 5.90. The molecular weight excluding hydrogens is 250 g/mol. The number of anilines is 1. The molecule has 0 aliphatic heterocycles. The van der Waals surface area contributed by atoms with Crippen LogP contribution in [0.3, 0.4) is 0 Å². The molecule has 3 nitrogen and oxygen atoms in total. The fraction of sp³-hybridized carbons (Fsp3) is 0.235. The van der Waals surface area contributed by atoms with Gasteiger partial charge in [-0.15, -0.1) is 6.58 Å². The predicted molar refractivity (Wildman–Crippen MR) is 80.5 cm³/mol. The SMILES string of the molecule is C=C(C)C[C@H](c1ccccc1)N(C(C)=O)c1ccco1. The van der Waals surface area contributed by atoms with Gasteiger partial charge in [0.1, 0.15) is 0 Å². The van der Waals surface area contributed by atoms with E-state index in [1.165, 1.54) is 0 Å². The summed E-state index contributed by atoms with van der Waals surface area (Å²) in [7, 11) is 0. The molecule has 2 aromatic rings. The van der Waals surface area contributed by atoms with E-state index in [0.29, 0.717) is 12.3 Å². The first-order chi connectivity index (χ1) is 9.59. The van der Waals surface area contributed by atoms with E-state index < -0.39 is 0 Å². The Balaban J connectivity index is 2.43. The maximum absolute atomic E-state index is 12.1. The summed E-state index contributed by atoms with van der Waals surface area (Å²) in [6.07, 6.45) is 2.28. The molecule has 3 heteroatoms. The Morgan fingerprint density at radius 2 is 1.90 bits per heavy atom. The molecule has 0 spiro atoms. The summed E-state index contributed by atoms with van der Waals surface area (Å²) in [5, 5.41) is 0. The normalized spacial score (nSPS) is 11.9. The average Bonchev–Trinajstić information content (AvgIpc) is 2.92. The molecule has 1 heterocycles. The first-order valence-corrected chi connectivity index (χ1v) is 6.62. The van der Waals surface area contributed by atoms with E-state index in [-0.39, 0.29) is 11.9 Å². The van der Waals surface area contributed by atoms with Gasteiger partial charge in [-0.1, -0.05) is 35.9 Å². The monoisotopic (exact) mass is 269 g/mol. The van der Waals surface area contributed by atoms with Crippen LogP contribution >= 0.6 is 0 Å². The average molecular weight is 269 g/mol. The van der Waals surface area contributed by atoms with Crippen molar-refractivity contribution in [1.82, 2.24) is 0 Å². The molecule has 0 radical (unpaired) electrons. The number of hydrogen-bond donors (Lipinski definition) is 0. The molecule has 1 aromatic heterocycles. The zero-order valence-corrected chi connectivity index (χ0v) is 11.9. The summed E-state index contributed by atoms with van der Waals surface area (Å²) in [4.78, 5) is 13.8. The molecule has 2 rings (SSSR count). The molecule has 0 unspecified atom stereocenters. The van der Waals surface area contributed by atoms with Gasteiger partial charge in [-0.05, 0) is 25.0 Å². The van der Waals surface area contributed by atoms with Gasteiger partial charge >= 0.3 is 0 Å². The van der Waals surface area contributed by atoms with Crippen molar-refractivity contribution in [2.45, 2.75) is 26.3 Å². The van der Waals surface area contributed by atoms with Crippen molar-refractivity contribution >= 4 is 11.8 Å². The van der Waals surface area contributed by atoms with Crippen LogP contribution in [0.2, 0.25) is 0 Å². The first kappa shape index (κ1) is 14.1. The summed E-state index contributed by atoms with van der Waals surface area (Å²) >= 11 is 0. The number of nitrogens with zero attached hydrogens (tertiary/aromatic N) is 1.